The number of amides is 3. The first-order valence-electron chi connectivity index (χ1n) is 9.07. The van der Waals surface area contributed by atoms with Gasteiger partial charge in [-0.2, -0.15) is 8.78 Å². The fourth-order valence-corrected chi connectivity index (χ4v) is 3.18. The van der Waals surface area contributed by atoms with Crippen LogP contribution in [0.4, 0.5) is 20.2 Å². The molecule has 1 heterocycles. The molecule has 11 heteroatoms. The third kappa shape index (κ3) is 4.98. The number of hydrogen-bond acceptors (Lipinski definition) is 6. The number of nitrogens with zero attached hydrogens (tertiary/aromatic N) is 2. The summed E-state index contributed by atoms with van der Waals surface area (Å²) in [6.45, 7) is -2.70. The van der Waals surface area contributed by atoms with Gasteiger partial charge >= 0.3 is 6.61 Å². The first-order valence-corrected chi connectivity index (χ1v) is 9.07. The van der Waals surface area contributed by atoms with Crippen molar-refractivity contribution in [1.29, 1.82) is 0 Å². The number of ether oxygens (including phenoxy) is 2. The lowest BCUT2D eigenvalue weighted by Gasteiger charge is -2.28. The van der Waals surface area contributed by atoms with E-state index in [0.717, 1.165) is 12.8 Å². The molecular weight excluding hydrogens is 390 g/mol. The summed E-state index contributed by atoms with van der Waals surface area (Å²) in [5.74, 6) is -2.25. The van der Waals surface area contributed by atoms with Crippen molar-refractivity contribution in [3.8, 4) is 5.75 Å². The summed E-state index contributed by atoms with van der Waals surface area (Å²) in [6.07, 6.45) is 1.69. The topological polar surface area (TPSA) is 114 Å². The smallest absolute Gasteiger partial charge is 0.387 e. The van der Waals surface area contributed by atoms with E-state index in [1.807, 2.05) is 0 Å². The van der Waals surface area contributed by atoms with Crippen molar-refractivity contribution in [3.63, 3.8) is 0 Å². The molecule has 3 N–H and O–H groups in total. The summed E-state index contributed by atoms with van der Waals surface area (Å²) in [6, 6.07) is 2.88. The molecule has 1 aliphatic heterocycles. The molecule has 1 aliphatic carbocycles. The largest absolute Gasteiger partial charge is 0.433 e. The van der Waals surface area contributed by atoms with Crippen LogP contribution in [0.25, 0.3) is 0 Å². The highest BCUT2D eigenvalue weighted by atomic mass is 19.3. The molecule has 0 aromatic heterocycles. The van der Waals surface area contributed by atoms with Gasteiger partial charge in [-0.05, 0) is 32.0 Å². The Hall–Kier alpha value is -2.79. The van der Waals surface area contributed by atoms with Crippen molar-refractivity contribution in [2.75, 3.05) is 37.0 Å². The number of benzene rings is 1. The van der Waals surface area contributed by atoms with E-state index in [1.165, 1.54) is 23.1 Å². The molecule has 1 saturated heterocycles. The van der Waals surface area contributed by atoms with E-state index in [-0.39, 0.29) is 36.5 Å². The van der Waals surface area contributed by atoms with E-state index in [4.69, 9.17) is 10.5 Å². The number of nitrogens with two attached hydrogens (primary N) is 1. The summed E-state index contributed by atoms with van der Waals surface area (Å²) < 4.78 is 35.4. The molecule has 158 valence electrons. The Morgan fingerprint density at radius 2 is 2.10 bits per heavy atom. The van der Waals surface area contributed by atoms with E-state index < -0.39 is 24.5 Å². The van der Waals surface area contributed by atoms with Crippen LogP contribution in [0.15, 0.2) is 18.2 Å². The zero-order chi connectivity index (χ0) is 21.1. The van der Waals surface area contributed by atoms with Crippen LogP contribution in [0.5, 0.6) is 5.75 Å². The van der Waals surface area contributed by atoms with Crippen molar-refractivity contribution in [2.24, 2.45) is 5.73 Å². The second kappa shape index (κ2) is 8.70. The van der Waals surface area contributed by atoms with Gasteiger partial charge < -0.3 is 25.4 Å². The highest BCUT2D eigenvalue weighted by molar-refractivity contribution is 6.10. The minimum atomic E-state index is -3.15. The number of morpholine rings is 1. The molecule has 2 aliphatic rings. The lowest BCUT2D eigenvalue weighted by atomic mass is 10.2. The molecule has 1 aromatic rings. The first kappa shape index (κ1) is 20.9. The Kier molecular flexibility index (Phi) is 6.28. The van der Waals surface area contributed by atoms with Gasteiger partial charge in [-0.1, -0.05) is 0 Å². The van der Waals surface area contributed by atoms with E-state index >= 15 is 0 Å². The van der Waals surface area contributed by atoms with Gasteiger partial charge in [0.15, 0.2) is 11.8 Å². The van der Waals surface area contributed by atoms with Crippen LogP contribution in [-0.2, 0) is 19.1 Å². The second-order valence-electron chi connectivity index (χ2n) is 6.85. The molecule has 0 spiro atoms. The molecule has 1 atom stereocenters. The van der Waals surface area contributed by atoms with Gasteiger partial charge in [-0.3, -0.25) is 19.3 Å². The molecule has 2 fully saturated rings. The van der Waals surface area contributed by atoms with Gasteiger partial charge in [0.05, 0.1) is 12.3 Å². The lowest BCUT2D eigenvalue weighted by Crippen LogP contribution is -2.51. The van der Waals surface area contributed by atoms with Gasteiger partial charge in [0, 0.05) is 24.3 Å². The van der Waals surface area contributed by atoms with Crippen LogP contribution < -0.4 is 20.7 Å². The van der Waals surface area contributed by atoms with Crippen molar-refractivity contribution >= 4 is 29.1 Å². The Balaban J connectivity index is 1.84. The Morgan fingerprint density at radius 3 is 2.69 bits per heavy atom. The van der Waals surface area contributed by atoms with Crippen molar-refractivity contribution in [3.05, 3.63) is 18.2 Å². The molecular formula is C18H22F2N4O5. The number of hydrogen-bond donors (Lipinski definition) is 2. The average Bonchev–Trinajstić information content (AvgIpc) is 3.48. The number of likely N-dealkylation sites (N-methyl/N-ethyl adjacent to an activating group) is 1. The first-order chi connectivity index (χ1) is 13.8. The standard InChI is InChI=1S/C18H22F2N4O5/c1-23(10-2-3-10)15(16(21)26)17(27)22-12-5-4-11(8-13(12)29-18(19)20)24-6-7-28-9-14(24)25/h4-5,8,10,15,18H,2-3,6-7,9H2,1H3,(H2,21,26)(H,22,27)/t15-/m1/s1. The molecule has 9 nitrogen and oxygen atoms in total. The van der Waals surface area contributed by atoms with Crippen LogP contribution in [0.1, 0.15) is 12.8 Å². The molecule has 3 rings (SSSR count). The molecule has 1 saturated carbocycles. The zero-order valence-corrected chi connectivity index (χ0v) is 15.8. The van der Waals surface area contributed by atoms with Gasteiger partial charge in [0.25, 0.3) is 11.8 Å². The number of nitrogens with one attached hydrogen (secondary N) is 1. The van der Waals surface area contributed by atoms with Gasteiger partial charge in [-0.25, -0.2) is 0 Å². The van der Waals surface area contributed by atoms with Crippen LogP contribution in [0, 0.1) is 0 Å². The van der Waals surface area contributed by atoms with Crippen molar-refractivity contribution in [2.45, 2.75) is 31.5 Å². The van der Waals surface area contributed by atoms with Gasteiger partial charge in [0.1, 0.15) is 6.61 Å². The summed E-state index contributed by atoms with van der Waals surface area (Å²) in [7, 11) is 1.61. The van der Waals surface area contributed by atoms with E-state index in [9.17, 15) is 23.2 Å². The highest BCUT2D eigenvalue weighted by Crippen LogP contribution is 2.33. The maximum absolute atomic E-state index is 12.9. The fourth-order valence-electron chi connectivity index (χ4n) is 3.18. The molecule has 3 amide bonds. The number of halogens is 2. The Morgan fingerprint density at radius 1 is 1.38 bits per heavy atom. The average molecular weight is 412 g/mol. The quantitative estimate of drug-likeness (QED) is 0.603. The minimum Gasteiger partial charge on any atom is -0.433 e. The molecule has 1 aromatic carbocycles. The number of rotatable bonds is 8. The van der Waals surface area contributed by atoms with E-state index in [2.05, 4.69) is 10.1 Å². The second-order valence-corrected chi connectivity index (χ2v) is 6.85. The van der Waals surface area contributed by atoms with Gasteiger partial charge in [0.2, 0.25) is 5.91 Å². The number of alkyl halides is 2. The Labute approximate surface area is 165 Å². The SMILES string of the molecule is CN(C1CC1)[C@H](C(N)=O)C(=O)Nc1ccc(N2CCOCC2=O)cc1OC(F)F. The summed E-state index contributed by atoms with van der Waals surface area (Å²) >= 11 is 0. The zero-order valence-electron chi connectivity index (χ0n) is 15.8. The maximum atomic E-state index is 12.9. The van der Waals surface area contributed by atoms with Crippen LogP contribution in [0.2, 0.25) is 0 Å². The summed E-state index contributed by atoms with van der Waals surface area (Å²) in [5, 5.41) is 2.43. The lowest BCUT2D eigenvalue weighted by molar-refractivity contribution is -0.132. The Bertz CT molecular complexity index is 802. The fraction of sp³-hybridized carbons (Fsp3) is 0.500. The number of carbonyl (C=O) groups excluding carboxylic acids is 3. The summed E-state index contributed by atoms with van der Waals surface area (Å²) in [4.78, 5) is 39.3. The molecule has 0 bridgehead atoms. The molecule has 0 radical (unpaired) electrons. The van der Waals surface area contributed by atoms with Crippen LogP contribution >= 0.6 is 0 Å². The summed E-state index contributed by atoms with van der Waals surface area (Å²) in [5.41, 5.74) is 5.63. The highest BCUT2D eigenvalue weighted by Gasteiger charge is 2.38. The van der Waals surface area contributed by atoms with Crippen molar-refractivity contribution in [1.82, 2.24) is 4.90 Å². The van der Waals surface area contributed by atoms with E-state index in [0.29, 0.717) is 12.3 Å². The third-order valence-electron chi connectivity index (χ3n) is 4.78. The monoisotopic (exact) mass is 412 g/mol. The normalized spacial score (nSPS) is 18.1. The third-order valence-corrected chi connectivity index (χ3v) is 4.78. The number of anilines is 2. The predicted octanol–water partition coefficient (Wildman–Crippen LogP) is 0.538. The predicted molar refractivity (Wildman–Crippen MR) is 98.6 cm³/mol. The maximum Gasteiger partial charge on any atom is 0.387 e. The number of carbonyl (C=O) groups is 3. The van der Waals surface area contributed by atoms with Crippen LogP contribution in [-0.4, -0.2) is 68.1 Å². The van der Waals surface area contributed by atoms with E-state index in [1.54, 1.807) is 11.9 Å². The minimum absolute atomic E-state index is 0.0600. The molecule has 29 heavy (non-hydrogen) atoms. The molecule has 0 unspecified atom stereocenters. The van der Waals surface area contributed by atoms with Crippen molar-refractivity contribution < 1.29 is 32.6 Å². The number of primary amides is 1. The van der Waals surface area contributed by atoms with Gasteiger partial charge in [-0.15, -0.1) is 0 Å². The van der Waals surface area contributed by atoms with Crippen LogP contribution in [0.3, 0.4) is 0 Å².